The second-order valence-electron chi connectivity index (χ2n) is 8.29. The fourth-order valence-electron chi connectivity index (χ4n) is 3.63. The summed E-state index contributed by atoms with van der Waals surface area (Å²) in [6.07, 6.45) is 1.84. The third kappa shape index (κ3) is 6.61. The number of ether oxygens (including phenoxy) is 1. The molecule has 2 rings (SSSR count). The van der Waals surface area contributed by atoms with Crippen molar-refractivity contribution < 1.29 is 14.6 Å². The number of carbonyl (C=O) groups is 1. The molecule has 1 aliphatic heterocycles. The van der Waals surface area contributed by atoms with Crippen molar-refractivity contribution in [1.82, 2.24) is 10.2 Å². The van der Waals surface area contributed by atoms with Crippen LogP contribution in [0, 0.1) is 5.41 Å². The zero-order chi connectivity index (χ0) is 19.9. The summed E-state index contributed by atoms with van der Waals surface area (Å²) in [4.78, 5) is 17.0. The molecule has 0 aliphatic carbocycles. The average Bonchev–Trinajstić information content (AvgIpc) is 2.81. The SMILES string of the molecule is CCOc1ccc(N2CCCN(C(=O)NCCO)C(CC(C)(C)C)C2)cc1. The van der Waals surface area contributed by atoms with Gasteiger partial charge in [0.25, 0.3) is 0 Å². The first-order valence-corrected chi connectivity index (χ1v) is 9.97. The van der Waals surface area contributed by atoms with Crippen LogP contribution in [0.3, 0.4) is 0 Å². The van der Waals surface area contributed by atoms with E-state index in [4.69, 9.17) is 9.84 Å². The Bertz CT molecular complexity index is 583. The summed E-state index contributed by atoms with van der Waals surface area (Å²) < 4.78 is 5.55. The third-order valence-corrected chi connectivity index (χ3v) is 4.71. The fraction of sp³-hybridized carbons (Fsp3) is 0.667. The highest BCUT2D eigenvalue weighted by Gasteiger charge is 2.31. The molecule has 1 heterocycles. The number of aliphatic hydroxyl groups is 1. The van der Waals surface area contributed by atoms with Crippen LogP contribution in [0.25, 0.3) is 0 Å². The zero-order valence-corrected chi connectivity index (χ0v) is 17.2. The molecule has 2 amide bonds. The lowest BCUT2D eigenvalue weighted by Crippen LogP contribution is -2.50. The predicted octanol–water partition coefficient (Wildman–Crippen LogP) is 3.10. The summed E-state index contributed by atoms with van der Waals surface area (Å²) in [6.45, 7) is 12.0. The average molecular weight is 378 g/mol. The molecule has 2 N–H and O–H groups in total. The normalized spacial score (nSPS) is 18.2. The van der Waals surface area contributed by atoms with Crippen molar-refractivity contribution >= 4 is 11.7 Å². The molecular formula is C21H35N3O3. The van der Waals surface area contributed by atoms with Crippen LogP contribution in [0.5, 0.6) is 5.75 Å². The minimum Gasteiger partial charge on any atom is -0.494 e. The second kappa shape index (κ2) is 9.83. The van der Waals surface area contributed by atoms with Crippen molar-refractivity contribution in [3.05, 3.63) is 24.3 Å². The standard InChI is InChI=1S/C21H35N3O3/c1-5-27-19-9-7-17(8-10-19)23-12-6-13-24(20(26)22-11-14-25)18(16-23)15-21(2,3)4/h7-10,18,25H,5-6,11-16H2,1-4H3,(H,22,26). The van der Waals surface area contributed by atoms with E-state index in [-0.39, 0.29) is 24.1 Å². The van der Waals surface area contributed by atoms with Gasteiger partial charge in [-0.3, -0.25) is 0 Å². The molecule has 1 aromatic rings. The number of anilines is 1. The maximum absolute atomic E-state index is 12.6. The van der Waals surface area contributed by atoms with Crippen LogP contribution >= 0.6 is 0 Å². The van der Waals surface area contributed by atoms with E-state index < -0.39 is 0 Å². The Labute approximate surface area is 163 Å². The van der Waals surface area contributed by atoms with Crippen molar-refractivity contribution in [3.8, 4) is 5.75 Å². The monoisotopic (exact) mass is 377 g/mol. The molecule has 1 unspecified atom stereocenters. The van der Waals surface area contributed by atoms with E-state index in [1.807, 2.05) is 24.0 Å². The van der Waals surface area contributed by atoms with Crippen molar-refractivity contribution in [2.24, 2.45) is 5.41 Å². The van der Waals surface area contributed by atoms with E-state index in [0.29, 0.717) is 13.2 Å². The van der Waals surface area contributed by atoms with Gasteiger partial charge in [0.1, 0.15) is 5.75 Å². The number of rotatable bonds is 6. The molecule has 0 aromatic heterocycles. The van der Waals surface area contributed by atoms with E-state index in [0.717, 1.165) is 43.9 Å². The van der Waals surface area contributed by atoms with Gasteiger partial charge in [-0.25, -0.2) is 4.79 Å². The van der Waals surface area contributed by atoms with Crippen molar-refractivity contribution in [2.75, 3.05) is 44.3 Å². The Morgan fingerprint density at radius 2 is 1.96 bits per heavy atom. The lowest BCUT2D eigenvalue weighted by molar-refractivity contribution is 0.156. The van der Waals surface area contributed by atoms with Gasteiger partial charge >= 0.3 is 6.03 Å². The number of nitrogens with zero attached hydrogens (tertiary/aromatic N) is 2. The molecule has 6 heteroatoms. The van der Waals surface area contributed by atoms with E-state index in [2.05, 4.69) is 43.1 Å². The highest BCUT2D eigenvalue weighted by Crippen LogP contribution is 2.28. The molecule has 1 aromatic carbocycles. The lowest BCUT2D eigenvalue weighted by atomic mass is 9.87. The summed E-state index contributed by atoms with van der Waals surface area (Å²) in [7, 11) is 0. The number of aliphatic hydroxyl groups excluding tert-OH is 1. The molecule has 27 heavy (non-hydrogen) atoms. The molecule has 1 atom stereocenters. The minimum atomic E-state index is -0.0770. The molecule has 152 valence electrons. The molecule has 6 nitrogen and oxygen atoms in total. The first-order valence-electron chi connectivity index (χ1n) is 9.97. The number of hydrogen-bond donors (Lipinski definition) is 2. The molecule has 1 saturated heterocycles. The predicted molar refractivity (Wildman–Crippen MR) is 109 cm³/mol. The van der Waals surface area contributed by atoms with Crippen LogP contribution in [0.1, 0.15) is 40.5 Å². The van der Waals surface area contributed by atoms with Crippen molar-refractivity contribution in [2.45, 2.75) is 46.6 Å². The minimum absolute atomic E-state index is 0.0399. The topological polar surface area (TPSA) is 65.0 Å². The fourth-order valence-corrected chi connectivity index (χ4v) is 3.63. The Kier molecular flexibility index (Phi) is 7.78. The van der Waals surface area contributed by atoms with Crippen molar-refractivity contribution in [1.29, 1.82) is 0 Å². The van der Waals surface area contributed by atoms with Gasteiger partial charge in [0.05, 0.1) is 19.3 Å². The van der Waals surface area contributed by atoms with Crippen molar-refractivity contribution in [3.63, 3.8) is 0 Å². The van der Waals surface area contributed by atoms with Crippen LogP contribution in [0.15, 0.2) is 24.3 Å². The Morgan fingerprint density at radius 1 is 1.26 bits per heavy atom. The van der Waals surface area contributed by atoms with E-state index in [9.17, 15) is 4.79 Å². The van der Waals surface area contributed by atoms with Gasteiger partial charge in [0.2, 0.25) is 0 Å². The van der Waals surface area contributed by atoms with Crippen LogP contribution in [-0.2, 0) is 0 Å². The maximum Gasteiger partial charge on any atom is 0.317 e. The highest BCUT2D eigenvalue weighted by molar-refractivity contribution is 5.74. The summed E-state index contributed by atoms with van der Waals surface area (Å²) >= 11 is 0. The first-order chi connectivity index (χ1) is 12.8. The van der Waals surface area contributed by atoms with Gasteiger partial charge in [0, 0.05) is 31.9 Å². The van der Waals surface area contributed by atoms with Gasteiger partial charge in [-0.15, -0.1) is 0 Å². The molecule has 0 spiro atoms. The lowest BCUT2D eigenvalue weighted by Gasteiger charge is -2.36. The smallest absolute Gasteiger partial charge is 0.317 e. The first kappa shape index (κ1) is 21.4. The van der Waals surface area contributed by atoms with Crippen LogP contribution in [-0.4, -0.2) is 61.5 Å². The number of urea groups is 1. The quantitative estimate of drug-likeness (QED) is 0.800. The van der Waals surface area contributed by atoms with Gasteiger partial charge < -0.3 is 25.0 Å². The number of benzene rings is 1. The van der Waals surface area contributed by atoms with Gasteiger partial charge in [-0.2, -0.15) is 0 Å². The number of hydrogen-bond acceptors (Lipinski definition) is 4. The Morgan fingerprint density at radius 3 is 2.56 bits per heavy atom. The van der Waals surface area contributed by atoms with Crippen LogP contribution < -0.4 is 15.0 Å². The molecule has 0 bridgehead atoms. The van der Waals surface area contributed by atoms with E-state index in [1.54, 1.807) is 0 Å². The molecule has 1 fully saturated rings. The van der Waals surface area contributed by atoms with Crippen LogP contribution in [0.4, 0.5) is 10.5 Å². The Hall–Kier alpha value is -1.95. The summed E-state index contributed by atoms with van der Waals surface area (Å²) in [5.74, 6) is 0.882. The largest absolute Gasteiger partial charge is 0.494 e. The molecular weight excluding hydrogens is 342 g/mol. The maximum atomic E-state index is 12.6. The van der Waals surface area contributed by atoms with E-state index >= 15 is 0 Å². The second-order valence-corrected chi connectivity index (χ2v) is 8.29. The van der Waals surface area contributed by atoms with Gasteiger partial charge in [-0.1, -0.05) is 20.8 Å². The zero-order valence-electron chi connectivity index (χ0n) is 17.2. The third-order valence-electron chi connectivity index (χ3n) is 4.71. The summed E-state index contributed by atoms with van der Waals surface area (Å²) in [5, 5.41) is 11.8. The summed E-state index contributed by atoms with van der Waals surface area (Å²) in [6, 6.07) is 8.26. The van der Waals surface area contributed by atoms with Gasteiger partial charge in [0.15, 0.2) is 0 Å². The van der Waals surface area contributed by atoms with Gasteiger partial charge in [-0.05, 0) is 49.4 Å². The number of amides is 2. The molecule has 1 aliphatic rings. The van der Waals surface area contributed by atoms with Crippen LogP contribution in [0.2, 0.25) is 0 Å². The Balaban J connectivity index is 2.16. The molecule has 0 radical (unpaired) electrons. The highest BCUT2D eigenvalue weighted by atomic mass is 16.5. The van der Waals surface area contributed by atoms with E-state index in [1.165, 1.54) is 0 Å². The molecule has 0 saturated carbocycles. The summed E-state index contributed by atoms with van der Waals surface area (Å²) in [5.41, 5.74) is 1.28. The number of nitrogens with one attached hydrogen (secondary N) is 1. The number of carbonyl (C=O) groups excluding carboxylic acids is 1.